The van der Waals surface area contributed by atoms with Crippen LogP contribution in [0.1, 0.15) is 10.9 Å². The van der Waals surface area contributed by atoms with Gasteiger partial charge >= 0.3 is 0 Å². The average Bonchev–Trinajstić information content (AvgIpc) is 3.27. The van der Waals surface area contributed by atoms with Gasteiger partial charge in [0, 0.05) is 21.5 Å². The van der Waals surface area contributed by atoms with E-state index in [-0.39, 0.29) is 5.82 Å². The summed E-state index contributed by atoms with van der Waals surface area (Å²) in [6.07, 6.45) is 0.451. The minimum atomic E-state index is -0.264. The Morgan fingerprint density at radius 1 is 0.960 bits per heavy atom. The Bertz CT molecular complexity index is 914. The SMILES string of the molecule is Fc1ccc(-c2csc(Cc3nc(-c4ccc(Cl)cc4)no3)n2)cc1. The highest BCUT2D eigenvalue weighted by Crippen LogP contribution is 2.24. The first-order valence-corrected chi connectivity index (χ1v) is 8.72. The zero-order valence-corrected chi connectivity index (χ0v) is 14.4. The van der Waals surface area contributed by atoms with Gasteiger partial charge in [-0.2, -0.15) is 4.98 Å². The molecule has 0 radical (unpaired) electrons. The van der Waals surface area contributed by atoms with Crippen molar-refractivity contribution in [1.82, 2.24) is 15.1 Å². The molecule has 0 aliphatic rings. The van der Waals surface area contributed by atoms with E-state index in [4.69, 9.17) is 16.1 Å². The van der Waals surface area contributed by atoms with E-state index in [1.165, 1.54) is 23.5 Å². The van der Waals surface area contributed by atoms with Crippen LogP contribution in [0.5, 0.6) is 0 Å². The van der Waals surface area contributed by atoms with Crippen molar-refractivity contribution in [3.05, 3.63) is 75.6 Å². The highest BCUT2D eigenvalue weighted by molar-refractivity contribution is 7.10. The molecule has 0 N–H and O–H groups in total. The summed E-state index contributed by atoms with van der Waals surface area (Å²) < 4.78 is 18.3. The lowest BCUT2D eigenvalue weighted by Crippen LogP contribution is -1.88. The summed E-state index contributed by atoms with van der Waals surface area (Å²) in [5.74, 6) is 0.742. The molecule has 2 aromatic carbocycles. The second kappa shape index (κ2) is 6.74. The third-order valence-corrected chi connectivity index (χ3v) is 4.67. The van der Waals surface area contributed by atoms with Crippen LogP contribution in [0.15, 0.2) is 58.4 Å². The van der Waals surface area contributed by atoms with Crippen molar-refractivity contribution in [2.75, 3.05) is 0 Å². The molecule has 0 fully saturated rings. The third kappa shape index (κ3) is 3.60. The second-order valence-corrected chi connectivity index (χ2v) is 6.71. The van der Waals surface area contributed by atoms with Gasteiger partial charge < -0.3 is 4.52 Å². The van der Waals surface area contributed by atoms with Gasteiger partial charge in [-0.1, -0.05) is 16.8 Å². The van der Waals surface area contributed by atoms with Crippen LogP contribution in [0.3, 0.4) is 0 Å². The van der Waals surface area contributed by atoms with Crippen LogP contribution in [0.2, 0.25) is 5.02 Å². The fourth-order valence-electron chi connectivity index (χ4n) is 2.32. The van der Waals surface area contributed by atoms with E-state index in [2.05, 4.69) is 15.1 Å². The van der Waals surface area contributed by atoms with Crippen LogP contribution >= 0.6 is 22.9 Å². The van der Waals surface area contributed by atoms with Gasteiger partial charge in [0.2, 0.25) is 11.7 Å². The van der Waals surface area contributed by atoms with Crippen LogP contribution in [0.25, 0.3) is 22.6 Å². The van der Waals surface area contributed by atoms with Gasteiger partial charge in [-0.25, -0.2) is 9.37 Å². The number of thiazole rings is 1. The molecular weight excluding hydrogens is 361 g/mol. The van der Waals surface area contributed by atoms with E-state index in [0.717, 1.165) is 21.8 Å². The summed E-state index contributed by atoms with van der Waals surface area (Å²) in [5, 5.41) is 7.43. The molecule has 2 heterocycles. The van der Waals surface area contributed by atoms with Crippen molar-refractivity contribution in [3.8, 4) is 22.6 Å². The minimum Gasteiger partial charge on any atom is -0.339 e. The summed E-state index contributed by atoms with van der Waals surface area (Å²) in [7, 11) is 0. The van der Waals surface area contributed by atoms with Crippen LogP contribution in [0, 0.1) is 5.82 Å². The first kappa shape index (κ1) is 15.9. The molecule has 0 bridgehead atoms. The lowest BCUT2D eigenvalue weighted by Gasteiger charge is -1.95. The van der Waals surface area contributed by atoms with Gasteiger partial charge in [0.15, 0.2) is 0 Å². The summed E-state index contributed by atoms with van der Waals surface area (Å²) in [6, 6.07) is 13.5. The maximum atomic E-state index is 13.0. The van der Waals surface area contributed by atoms with E-state index in [0.29, 0.717) is 23.2 Å². The van der Waals surface area contributed by atoms with Crippen molar-refractivity contribution in [3.63, 3.8) is 0 Å². The highest BCUT2D eigenvalue weighted by Gasteiger charge is 2.12. The van der Waals surface area contributed by atoms with Gasteiger partial charge in [-0.3, -0.25) is 0 Å². The maximum absolute atomic E-state index is 13.0. The molecule has 0 atom stereocenters. The fraction of sp³-hybridized carbons (Fsp3) is 0.0556. The summed E-state index contributed by atoms with van der Waals surface area (Å²) in [6.45, 7) is 0. The van der Waals surface area contributed by atoms with E-state index in [9.17, 15) is 4.39 Å². The quantitative estimate of drug-likeness (QED) is 0.492. The van der Waals surface area contributed by atoms with Crippen molar-refractivity contribution in [2.24, 2.45) is 0 Å². The van der Waals surface area contributed by atoms with Gasteiger partial charge in [-0.15, -0.1) is 11.3 Å². The predicted octanol–water partition coefficient (Wildman–Crippen LogP) is 5.24. The summed E-state index contributed by atoms with van der Waals surface area (Å²) >= 11 is 7.38. The van der Waals surface area contributed by atoms with Crippen molar-refractivity contribution < 1.29 is 8.91 Å². The molecular formula is C18H11ClFN3OS. The normalized spacial score (nSPS) is 11.0. The third-order valence-electron chi connectivity index (χ3n) is 3.56. The molecule has 0 spiro atoms. The monoisotopic (exact) mass is 371 g/mol. The van der Waals surface area contributed by atoms with E-state index < -0.39 is 0 Å². The highest BCUT2D eigenvalue weighted by atomic mass is 35.5. The molecule has 25 heavy (non-hydrogen) atoms. The zero-order valence-electron chi connectivity index (χ0n) is 12.8. The number of aromatic nitrogens is 3. The van der Waals surface area contributed by atoms with Gasteiger partial charge in [-0.05, 0) is 48.5 Å². The first-order valence-electron chi connectivity index (χ1n) is 7.46. The number of hydrogen-bond donors (Lipinski definition) is 0. The van der Waals surface area contributed by atoms with Gasteiger partial charge in [0.25, 0.3) is 0 Å². The topological polar surface area (TPSA) is 51.8 Å². The summed E-state index contributed by atoms with van der Waals surface area (Å²) in [5.41, 5.74) is 2.51. The number of nitrogens with zero attached hydrogens (tertiary/aromatic N) is 3. The summed E-state index contributed by atoms with van der Waals surface area (Å²) in [4.78, 5) is 8.95. The van der Waals surface area contributed by atoms with Gasteiger partial charge in [0.05, 0.1) is 12.1 Å². The molecule has 4 aromatic rings. The van der Waals surface area contributed by atoms with Crippen molar-refractivity contribution in [1.29, 1.82) is 0 Å². The van der Waals surface area contributed by atoms with Crippen molar-refractivity contribution >= 4 is 22.9 Å². The molecule has 7 heteroatoms. The molecule has 4 nitrogen and oxygen atoms in total. The Morgan fingerprint density at radius 2 is 1.68 bits per heavy atom. The van der Waals surface area contributed by atoms with Crippen LogP contribution in [-0.4, -0.2) is 15.1 Å². The predicted molar refractivity (Wildman–Crippen MR) is 95.1 cm³/mol. The smallest absolute Gasteiger partial charge is 0.233 e. The lowest BCUT2D eigenvalue weighted by molar-refractivity contribution is 0.385. The molecule has 0 aliphatic heterocycles. The van der Waals surface area contributed by atoms with E-state index >= 15 is 0 Å². The van der Waals surface area contributed by atoms with Gasteiger partial charge in [0.1, 0.15) is 10.8 Å². The average molecular weight is 372 g/mol. The number of halogens is 2. The minimum absolute atomic E-state index is 0.264. The maximum Gasteiger partial charge on any atom is 0.233 e. The molecule has 0 saturated carbocycles. The van der Waals surface area contributed by atoms with Crippen LogP contribution < -0.4 is 0 Å². The Balaban J connectivity index is 1.51. The largest absolute Gasteiger partial charge is 0.339 e. The Labute approximate surface area is 151 Å². The first-order chi connectivity index (χ1) is 12.2. The fourth-order valence-corrected chi connectivity index (χ4v) is 3.24. The molecule has 4 rings (SSSR count). The standard InChI is InChI=1S/C18H11ClFN3OS/c19-13-5-1-12(2-6-13)18-22-16(24-23-18)9-17-21-15(10-25-17)11-3-7-14(20)8-4-11/h1-8,10H,9H2. The Morgan fingerprint density at radius 3 is 2.44 bits per heavy atom. The Hall–Kier alpha value is -2.57. The zero-order chi connectivity index (χ0) is 17.2. The lowest BCUT2D eigenvalue weighted by atomic mass is 10.2. The van der Waals surface area contributed by atoms with E-state index in [1.54, 1.807) is 24.3 Å². The molecule has 124 valence electrons. The van der Waals surface area contributed by atoms with Crippen LogP contribution in [0.4, 0.5) is 4.39 Å². The molecule has 0 unspecified atom stereocenters. The molecule has 0 saturated heterocycles. The Kier molecular flexibility index (Phi) is 4.29. The number of hydrogen-bond acceptors (Lipinski definition) is 5. The molecule has 0 amide bonds. The van der Waals surface area contributed by atoms with Crippen LogP contribution in [-0.2, 0) is 6.42 Å². The molecule has 0 aliphatic carbocycles. The van der Waals surface area contributed by atoms with Crippen molar-refractivity contribution in [2.45, 2.75) is 6.42 Å². The number of benzene rings is 2. The second-order valence-electron chi connectivity index (χ2n) is 5.33. The molecule has 2 aromatic heterocycles. The number of rotatable bonds is 4. The van der Waals surface area contributed by atoms with E-state index in [1.807, 2.05) is 17.5 Å².